The summed E-state index contributed by atoms with van der Waals surface area (Å²) in [6.07, 6.45) is 0. The highest BCUT2D eigenvalue weighted by molar-refractivity contribution is 6.14. The van der Waals surface area contributed by atoms with Crippen molar-refractivity contribution in [1.82, 2.24) is 0 Å². The minimum Gasteiger partial charge on any atom is -0.468 e. The van der Waals surface area contributed by atoms with E-state index < -0.39 is 0 Å². The molecule has 4 nitrogen and oxygen atoms in total. The van der Waals surface area contributed by atoms with E-state index in [4.69, 9.17) is 5.41 Å². The minimum atomic E-state index is -0.339. The fourth-order valence-corrected chi connectivity index (χ4v) is 2.02. The lowest BCUT2D eigenvalue weighted by atomic mass is 9.99. The predicted molar refractivity (Wildman–Crippen MR) is 84.1 cm³/mol. The molecule has 0 unspecified atom stereocenters. The van der Waals surface area contributed by atoms with Gasteiger partial charge in [-0.05, 0) is 18.6 Å². The van der Waals surface area contributed by atoms with Gasteiger partial charge in [0, 0.05) is 16.8 Å². The van der Waals surface area contributed by atoms with Gasteiger partial charge in [0.25, 0.3) is 0 Å². The van der Waals surface area contributed by atoms with Gasteiger partial charge in [0.2, 0.25) is 0 Å². The van der Waals surface area contributed by atoms with Crippen LogP contribution in [0.4, 0.5) is 5.69 Å². The van der Waals surface area contributed by atoms with Crippen molar-refractivity contribution in [3.63, 3.8) is 0 Å². The number of carbonyl (C=O) groups excluding carboxylic acids is 1. The van der Waals surface area contributed by atoms with Crippen LogP contribution in [0.2, 0.25) is 0 Å². The summed E-state index contributed by atoms with van der Waals surface area (Å²) >= 11 is 0. The van der Waals surface area contributed by atoms with E-state index in [2.05, 4.69) is 10.1 Å². The second-order valence-corrected chi connectivity index (χ2v) is 4.72. The summed E-state index contributed by atoms with van der Waals surface area (Å²) in [5.41, 5.74) is 3.84. The van der Waals surface area contributed by atoms with Crippen LogP contribution in [0.25, 0.3) is 0 Å². The number of benzene rings is 2. The number of rotatable bonds is 5. The van der Waals surface area contributed by atoms with E-state index in [1.807, 2.05) is 55.5 Å². The number of methoxy groups -OCH3 is 1. The zero-order valence-corrected chi connectivity index (χ0v) is 12.1. The molecular formula is C17H18N2O2. The molecule has 2 rings (SSSR count). The lowest BCUT2D eigenvalue weighted by Crippen LogP contribution is -2.17. The summed E-state index contributed by atoms with van der Waals surface area (Å²) in [5.74, 6) is -0.339. The van der Waals surface area contributed by atoms with Crippen LogP contribution in [0.3, 0.4) is 0 Å². The van der Waals surface area contributed by atoms with Crippen LogP contribution in [0.5, 0.6) is 0 Å². The fraction of sp³-hybridized carbons (Fsp3) is 0.176. The quantitative estimate of drug-likeness (QED) is 0.654. The molecule has 0 heterocycles. The molecule has 0 aliphatic rings. The molecule has 4 heteroatoms. The van der Waals surface area contributed by atoms with Gasteiger partial charge in [-0.2, -0.15) is 0 Å². The highest BCUT2D eigenvalue weighted by atomic mass is 16.5. The Balaban J connectivity index is 2.30. The molecule has 0 amide bonds. The Kier molecular flexibility index (Phi) is 4.72. The molecule has 0 fully saturated rings. The van der Waals surface area contributed by atoms with Gasteiger partial charge in [0.05, 0.1) is 12.8 Å². The van der Waals surface area contributed by atoms with Crippen LogP contribution in [0, 0.1) is 12.3 Å². The highest BCUT2D eigenvalue weighted by Gasteiger charge is 2.11. The summed E-state index contributed by atoms with van der Waals surface area (Å²) in [6, 6.07) is 15.3. The van der Waals surface area contributed by atoms with Crippen molar-refractivity contribution in [2.24, 2.45) is 0 Å². The van der Waals surface area contributed by atoms with Gasteiger partial charge in [0.15, 0.2) is 0 Å². The zero-order valence-electron chi connectivity index (χ0n) is 12.1. The number of ether oxygens (including phenoxy) is 1. The maximum atomic E-state index is 11.3. The van der Waals surface area contributed by atoms with Crippen molar-refractivity contribution in [1.29, 1.82) is 5.41 Å². The van der Waals surface area contributed by atoms with Gasteiger partial charge >= 0.3 is 5.97 Å². The SMILES string of the molecule is COC(=O)CNc1cc(C)ccc1C(=N)c1ccccc1. The first-order valence-electron chi connectivity index (χ1n) is 6.67. The van der Waals surface area contributed by atoms with Crippen molar-refractivity contribution in [3.05, 3.63) is 65.2 Å². The first-order chi connectivity index (χ1) is 10.1. The largest absolute Gasteiger partial charge is 0.468 e. The number of hydrogen-bond donors (Lipinski definition) is 2. The normalized spacial score (nSPS) is 10.0. The van der Waals surface area contributed by atoms with Crippen LogP contribution in [0.15, 0.2) is 48.5 Å². The monoisotopic (exact) mass is 282 g/mol. The topological polar surface area (TPSA) is 62.2 Å². The molecular weight excluding hydrogens is 264 g/mol. The minimum absolute atomic E-state index is 0.0784. The molecule has 0 atom stereocenters. The number of aryl methyl sites for hydroxylation is 1. The molecule has 0 aliphatic carbocycles. The third-order valence-electron chi connectivity index (χ3n) is 3.16. The summed E-state index contributed by atoms with van der Waals surface area (Å²) in [6.45, 7) is 2.05. The molecule has 2 aromatic rings. The molecule has 0 saturated carbocycles. The van der Waals surface area contributed by atoms with E-state index in [0.717, 1.165) is 22.4 Å². The van der Waals surface area contributed by atoms with E-state index in [-0.39, 0.29) is 12.5 Å². The van der Waals surface area contributed by atoms with E-state index in [9.17, 15) is 4.79 Å². The molecule has 0 aliphatic heterocycles. The molecule has 2 aromatic carbocycles. The highest BCUT2D eigenvalue weighted by Crippen LogP contribution is 2.21. The molecule has 2 N–H and O–H groups in total. The van der Waals surface area contributed by atoms with Crippen molar-refractivity contribution < 1.29 is 9.53 Å². The van der Waals surface area contributed by atoms with Crippen LogP contribution in [-0.4, -0.2) is 25.3 Å². The maximum Gasteiger partial charge on any atom is 0.325 e. The van der Waals surface area contributed by atoms with E-state index in [0.29, 0.717) is 5.71 Å². The summed E-state index contributed by atoms with van der Waals surface area (Å²) < 4.78 is 4.63. The first-order valence-corrected chi connectivity index (χ1v) is 6.67. The van der Waals surface area contributed by atoms with Crippen LogP contribution in [0.1, 0.15) is 16.7 Å². The van der Waals surface area contributed by atoms with Crippen molar-refractivity contribution in [2.45, 2.75) is 6.92 Å². The number of carbonyl (C=O) groups is 1. The van der Waals surface area contributed by atoms with Crippen molar-refractivity contribution in [3.8, 4) is 0 Å². The van der Waals surface area contributed by atoms with Crippen molar-refractivity contribution in [2.75, 3.05) is 19.0 Å². The third kappa shape index (κ3) is 3.69. The number of anilines is 1. The second-order valence-electron chi connectivity index (χ2n) is 4.72. The molecule has 21 heavy (non-hydrogen) atoms. The van der Waals surface area contributed by atoms with E-state index >= 15 is 0 Å². The van der Waals surface area contributed by atoms with Gasteiger partial charge in [-0.25, -0.2) is 0 Å². The average molecular weight is 282 g/mol. The average Bonchev–Trinajstić information content (AvgIpc) is 2.53. The Hall–Kier alpha value is -2.62. The lowest BCUT2D eigenvalue weighted by Gasteiger charge is -2.13. The number of nitrogens with one attached hydrogen (secondary N) is 2. The second kappa shape index (κ2) is 6.70. The Labute approximate surface area is 124 Å². The zero-order chi connectivity index (χ0) is 15.2. The van der Waals surface area contributed by atoms with Crippen LogP contribution < -0.4 is 5.32 Å². The Morgan fingerprint density at radius 3 is 2.57 bits per heavy atom. The van der Waals surface area contributed by atoms with Gasteiger partial charge < -0.3 is 10.1 Å². The molecule has 0 bridgehead atoms. The third-order valence-corrected chi connectivity index (χ3v) is 3.16. The standard InChI is InChI=1S/C17H18N2O2/c1-12-8-9-14(15(10-12)19-11-16(20)21-2)17(18)13-6-4-3-5-7-13/h3-10,18-19H,11H2,1-2H3. The molecule has 108 valence electrons. The molecule has 0 radical (unpaired) electrons. The van der Waals surface area contributed by atoms with E-state index in [1.54, 1.807) is 0 Å². The van der Waals surface area contributed by atoms with Gasteiger partial charge in [-0.1, -0.05) is 42.5 Å². The molecule has 0 spiro atoms. The Morgan fingerprint density at radius 2 is 1.90 bits per heavy atom. The number of hydrogen-bond acceptors (Lipinski definition) is 4. The number of esters is 1. The van der Waals surface area contributed by atoms with Gasteiger partial charge in [-0.3, -0.25) is 10.2 Å². The van der Waals surface area contributed by atoms with Crippen LogP contribution in [-0.2, 0) is 9.53 Å². The van der Waals surface area contributed by atoms with Gasteiger partial charge in [0.1, 0.15) is 6.54 Å². The van der Waals surface area contributed by atoms with Gasteiger partial charge in [-0.15, -0.1) is 0 Å². The smallest absolute Gasteiger partial charge is 0.325 e. The molecule has 0 aromatic heterocycles. The Bertz CT molecular complexity index is 651. The fourth-order valence-electron chi connectivity index (χ4n) is 2.02. The molecule has 0 saturated heterocycles. The Morgan fingerprint density at radius 1 is 1.19 bits per heavy atom. The lowest BCUT2D eigenvalue weighted by molar-refractivity contribution is -0.138. The summed E-state index contributed by atoms with van der Waals surface area (Å²) in [5, 5.41) is 11.4. The van der Waals surface area contributed by atoms with Crippen LogP contribution >= 0.6 is 0 Å². The van der Waals surface area contributed by atoms with E-state index in [1.165, 1.54) is 7.11 Å². The maximum absolute atomic E-state index is 11.3. The summed E-state index contributed by atoms with van der Waals surface area (Å²) in [4.78, 5) is 11.3. The summed E-state index contributed by atoms with van der Waals surface area (Å²) in [7, 11) is 1.35. The predicted octanol–water partition coefficient (Wildman–Crippen LogP) is 3.00. The van der Waals surface area contributed by atoms with Crippen molar-refractivity contribution >= 4 is 17.4 Å². The first kappa shape index (κ1) is 14.8.